The average molecular weight is 236 g/mol. The van der Waals surface area contributed by atoms with Crippen molar-refractivity contribution in [3.8, 4) is 0 Å². The van der Waals surface area contributed by atoms with Gasteiger partial charge in [0.2, 0.25) is 0 Å². The van der Waals surface area contributed by atoms with Crippen molar-refractivity contribution in [2.45, 2.75) is 19.4 Å². The van der Waals surface area contributed by atoms with Crippen molar-refractivity contribution in [1.29, 1.82) is 0 Å². The smallest absolute Gasteiger partial charge is 0.0414 e. The Bertz CT molecular complexity index is 330. The van der Waals surface area contributed by atoms with Crippen molar-refractivity contribution in [1.82, 2.24) is 0 Å². The number of nitrogens with zero attached hydrogens (tertiary/aromatic N) is 1. The number of nitrogens with two attached hydrogens (primary N) is 1. The predicted octanol–water partition coefficient (Wildman–Crippen LogP) is 2.65. The Morgan fingerprint density at radius 2 is 2.06 bits per heavy atom. The second-order valence-electron chi connectivity index (χ2n) is 4.30. The quantitative estimate of drug-likeness (QED) is 0.856. The Morgan fingerprint density at radius 1 is 1.25 bits per heavy atom. The van der Waals surface area contributed by atoms with Crippen LogP contribution in [-0.4, -0.2) is 24.6 Å². The van der Waals surface area contributed by atoms with E-state index < -0.39 is 0 Å². The van der Waals surface area contributed by atoms with Gasteiger partial charge in [0.05, 0.1) is 0 Å². The van der Waals surface area contributed by atoms with Crippen molar-refractivity contribution in [3.05, 3.63) is 29.8 Å². The summed E-state index contributed by atoms with van der Waals surface area (Å²) in [5, 5.41) is 0. The highest BCUT2D eigenvalue weighted by Gasteiger charge is 2.14. The maximum absolute atomic E-state index is 6.03. The summed E-state index contributed by atoms with van der Waals surface area (Å²) in [7, 11) is 0. The van der Waals surface area contributed by atoms with E-state index in [9.17, 15) is 0 Å². The van der Waals surface area contributed by atoms with Gasteiger partial charge in [-0.25, -0.2) is 0 Å². The van der Waals surface area contributed by atoms with Crippen molar-refractivity contribution in [3.63, 3.8) is 0 Å². The van der Waals surface area contributed by atoms with Crippen LogP contribution in [0.2, 0.25) is 0 Å². The highest BCUT2D eigenvalue weighted by Crippen LogP contribution is 2.26. The zero-order valence-electron chi connectivity index (χ0n) is 9.86. The van der Waals surface area contributed by atoms with Crippen LogP contribution in [0.1, 0.15) is 24.9 Å². The van der Waals surface area contributed by atoms with Gasteiger partial charge < -0.3 is 10.6 Å². The fourth-order valence-corrected chi connectivity index (χ4v) is 3.03. The molecule has 3 heteroatoms. The molecule has 1 heterocycles. The van der Waals surface area contributed by atoms with Gasteiger partial charge in [-0.1, -0.05) is 18.2 Å². The van der Waals surface area contributed by atoms with Crippen molar-refractivity contribution in [2.75, 3.05) is 29.5 Å². The molecule has 0 aliphatic carbocycles. The molecule has 1 aliphatic rings. The van der Waals surface area contributed by atoms with E-state index in [0.717, 1.165) is 13.1 Å². The third-order valence-electron chi connectivity index (χ3n) is 2.99. The van der Waals surface area contributed by atoms with E-state index in [1.54, 1.807) is 0 Å². The highest BCUT2D eigenvalue weighted by molar-refractivity contribution is 7.99. The van der Waals surface area contributed by atoms with Gasteiger partial charge in [0.1, 0.15) is 0 Å². The second kappa shape index (κ2) is 5.60. The third-order valence-corrected chi connectivity index (χ3v) is 4.04. The Labute approximate surface area is 102 Å². The molecule has 1 unspecified atom stereocenters. The minimum absolute atomic E-state index is 0.118. The topological polar surface area (TPSA) is 29.3 Å². The first-order chi connectivity index (χ1) is 7.79. The Morgan fingerprint density at radius 3 is 2.88 bits per heavy atom. The molecule has 0 amide bonds. The summed E-state index contributed by atoms with van der Waals surface area (Å²) in [6.07, 6.45) is 1.28. The SMILES string of the molecule is CC(N)c1ccccc1N1CCCSCC1. The molecule has 0 aromatic heterocycles. The molecule has 1 aliphatic heterocycles. The molecule has 0 radical (unpaired) electrons. The molecule has 1 aromatic rings. The van der Waals surface area contributed by atoms with Gasteiger partial charge in [-0.2, -0.15) is 11.8 Å². The lowest BCUT2D eigenvalue weighted by Crippen LogP contribution is -2.27. The molecule has 0 spiro atoms. The van der Waals surface area contributed by atoms with Crippen LogP contribution in [0.15, 0.2) is 24.3 Å². The normalized spacial score (nSPS) is 19.2. The van der Waals surface area contributed by atoms with Gasteiger partial charge in [-0.15, -0.1) is 0 Å². The standard InChI is InChI=1S/C13H20N2S/c1-11(14)12-5-2-3-6-13(12)15-7-4-9-16-10-8-15/h2-3,5-6,11H,4,7-10,14H2,1H3. The van der Waals surface area contributed by atoms with E-state index in [4.69, 9.17) is 5.73 Å². The minimum atomic E-state index is 0.118. The fourth-order valence-electron chi connectivity index (χ4n) is 2.15. The third kappa shape index (κ3) is 2.71. The Hall–Kier alpha value is -0.670. The van der Waals surface area contributed by atoms with Crippen LogP contribution in [0.3, 0.4) is 0 Å². The summed E-state index contributed by atoms with van der Waals surface area (Å²) < 4.78 is 0. The van der Waals surface area contributed by atoms with Crippen LogP contribution in [0.5, 0.6) is 0 Å². The summed E-state index contributed by atoms with van der Waals surface area (Å²) in [5.41, 5.74) is 8.63. The Balaban J connectivity index is 2.23. The molecular weight excluding hydrogens is 216 g/mol. The molecule has 88 valence electrons. The summed E-state index contributed by atoms with van der Waals surface area (Å²) in [6.45, 7) is 4.37. The van der Waals surface area contributed by atoms with E-state index in [-0.39, 0.29) is 6.04 Å². The maximum atomic E-state index is 6.03. The summed E-state index contributed by atoms with van der Waals surface area (Å²) in [6, 6.07) is 8.66. The monoisotopic (exact) mass is 236 g/mol. The fraction of sp³-hybridized carbons (Fsp3) is 0.538. The number of anilines is 1. The molecule has 1 saturated heterocycles. The van der Waals surface area contributed by atoms with Crippen LogP contribution in [0.4, 0.5) is 5.69 Å². The van der Waals surface area contributed by atoms with Crippen molar-refractivity contribution in [2.24, 2.45) is 5.73 Å². The number of thioether (sulfide) groups is 1. The summed E-state index contributed by atoms with van der Waals surface area (Å²) in [5.74, 6) is 2.52. The molecule has 2 rings (SSSR count). The number of para-hydroxylation sites is 1. The first-order valence-corrected chi connectivity index (χ1v) is 7.11. The van der Waals surface area contributed by atoms with Crippen molar-refractivity contribution < 1.29 is 0 Å². The zero-order chi connectivity index (χ0) is 11.4. The average Bonchev–Trinajstić information content (AvgIpc) is 2.57. The lowest BCUT2D eigenvalue weighted by atomic mass is 10.1. The number of rotatable bonds is 2. The van der Waals surface area contributed by atoms with Gasteiger partial charge in [0.25, 0.3) is 0 Å². The molecule has 2 nitrogen and oxygen atoms in total. The van der Waals surface area contributed by atoms with E-state index >= 15 is 0 Å². The maximum Gasteiger partial charge on any atom is 0.0414 e. The number of benzene rings is 1. The van der Waals surface area contributed by atoms with Crippen LogP contribution < -0.4 is 10.6 Å². The van der Waals surface area contributed by atoms with Crippen LogP contribution in [0.25, 0.3) is 0 Å². The van der Waals surface area contributed by atoms with Gasteiger partial charge in [-0.05, 0) is 30.7 Å². The van der Waals surface area contributed by atoms with E-state index in [0.29, 0.717) is 0 Å². The van der Waals surface area contributed by atoms with Crippen LogP contribution in [-0.2, 0) is 0 Å². The van der Waals surface area contributed by atoms with Crippen LogP contribution >= 0.6 is 11.8 Å². The first kappa shape index (κ1) is 11.8. The second-order valence-corrected chi connectivity index (χ2v) is 5.53. The van der Waals surface area contributed by atoms with Gasteiger partial charge in [0, 0.05) is 30.6 Å². The molecule has 1 atom stereocenters. The molecule has 0 saturated carbocycles. The molecule has 1 fully saturated rings. The molecule has 0 bridgehead atoms. The zero-order valence-corrected chi connectivity index (χ0v) is 10.7. The lowest BCUT2D eigenvalue weighted by molar-refractivity contribution is 0.774. The van der Waals surface area contributed by atoms with Crippen molar-refractivity contribution >= 4 is 17.4 Å². The van der Waals surface area contributed by atoms with Gasteiger partial charge in [0.15, 0.2) is 0 Å². The molecule has 2 N–H and O–H groups in total. The molecular formula is C13H20N2S. The Kier molecular flexibility index (Phi) is 4.13. The summed E-state index contributed by atoms with van der Waals surface area (Å²) in [4.78, 5) is 2.48. The van der Waals surface area contributed by atoms with Gasteiger partial charge >= 0.3 is 0 Å². The highest BCUT2D eigenvalue weighted by atomic mass is 32.2. The number of hydrogen-bond donors (Lipinski definition) is 1. The van der Waals surface area contributed by atoms with Crippen LogP contribution in [0, 0.1) is 0 Å². The lowest BCUT2D eigenvalue weighted by Gasteiger charge is -2.26. The van der Waals surface area contributed by atoms with E-state index in [2.05, 4.69) is 47.9 Å². The van der Waals surface area contributed by atoms with Gasteiger partial charge in [-0.3, -0.25) is 0 Å². The molecule has 16 heavy (non-hydrogen) atoms. The number of hydrogen-bond acceptors (Lipinski definition) is 3. The minimum Gasteiger partial charge on any atom is -0.370 e. The van der Waals surface area contributed by atoms with E-state index in [1.807, 2.05) is 0 Å². The van der Waals surface area contributed by atoms with E-state index in [1.165, 1.54) is 29.2 Å². The molecule has 1 aromatic carbocycles. The largest absolute Gasteiger partial charge is 0.370 e. The summed E-state index contributed by atoms with van der Waals surface area (Å²) >= 11 is 2.06. The predicted molar refractivity (Wildman–Crippen MR) is 73.2 cm³/mol. The first-order valence-electron chi connectivity index (χ1n) is 5.96.